The van der Waals surface area contributed by atoms with Crippen molar-refractivity contribution in [1.82, 2.24) is 0 Å². The molecule has 27 heavy (non-hydrogen) atoms. The van der Waals surface area contributed by atoms with Crippen molar-refractivity contribution in [3.8, 4) is 0 Å². The summed E-state index contributed by atoms with van der Waals surface area (Å²) in [7, 11) is 0. The van der Waals surface area contributed by atoms with Crippen LogP contribution in [0.4, 0.5) is 11.4 Å². The van der Waals surface area contributed by atoms with Gasteiger partial charge < -0.3 is 10.6 Å². The average Bonchev–Trinajstić information content (AvgIpc) is 2.81. The topological polar surface area (TPSA) is 53.5 Å². The van der Waals surface area contributed by atoms with Crippen molar-refractivity contribution in [3.05, 3.63) is 94.5 Å². The van der Waals surface area contributed by atoms with Crippen LogP contribution in [-0.2, 0) is 4.79 Å². The number of anilines is 2. The van der Waals surface area contributed by atoms with E-state index in [1.807, 2.05) is 73.7 Å². The molecule has 3 aromatic carbocycles. The van der Waals surface area contributed by atoms with Crippen LogP contribution in [-0.4, -0.2) is 17.8 Å². The zero-order valence-corrected chi connectivity index (χ0v) is 15.5. The number of nitrogens with one attached hydrogen (secondary N) is 2. The summed E-state index contributed by atoms with van der Waals surface area (Å²) in [5.41, 5.74) is 5.06. The van der Waals surface area contributed by atoms with Crippen LogP contribution in [0.2, 0.25) is 5.02 Å². The van der Waals surface area contributed by atoms with Crippen molar-refractivity contribution >= 4 is 34.6 Å². The van der Waals surface area contributed by atoms with Crippen molar-refractivity contribution in [2.75, 3.05) is 10.6 Å². The Morgan fingerprint density at radius 1 is 1.00 bits per heavy atom. The van der Waals surface area contributed by atoms with Crippen LogP contribution >= 0.6 is 11.6 Å². The number of carbonyl (C=O) groups is 1. The molecule has 0 spiro atoms. The number of aryl methyl sites for hydroxylation is 1. The van der Waals surface area contributed by atoms with E-state index in [2.05, 4.69) is 10.6 Å². The van der Waals surface area contributed by atoms with Gasteiger partial charge in [-0.05, 0) is 36.8 Å². The first-order valence-electron chi connectivity index (χ1n) is 8.68. The van der Waals surface area contributed by atoms with Crippen LogP contribution in [0.15, 0.2) is 77.8 Å². The van der Waals surface area contributed by atoms with E-state index in [1.54, 1.807) is 6.07 Å². The first-order chi connectivity index (χ1) is 13.1. The number of carbonyl (C=O) groups excluding carboxylic acids is 1. The molecule has 0 radical (unpaired) electrons. The van der Waals surface area contributed by atoms with Gasteiger partial charge in [-0.2, -0.15) is 0 Å². The largest absolute Gasteiger partial charge is 0.356 e. The highest BCUT2D eigenvalue weighted by atomic mass is 35.5. The molecule has 1 unspecified atom stereocenters. The molecule has 3 aromatic rings. The van der Waals surface area contributed by atoms with E-state index in [9.17, 15) is 4.79 Å². The molecule has 0 aromatic heterocycles. The predicted molar refractivity (Wildman–Crippen MR) is 111 cm³/mol. The van der Waals surface area contributed by atoms with Crippen LogP contribution in [0.3, 0.4) is 0 Å². The Bertz CT molecular complexity index is 1030. The molecule has 0 bridgehead atoms. The number of nitrogens with zero attached hydrogens (tertiary/aromatic N) is 1. The molecule has 1 aliphatic heterocycles. The van der Waals surface area contributed by atoms with Gasteiger partial charge in [0.05, 0.1) is 11.4 Å². The molecule has 5 heteroatoms. The molecule has 1 amide bonds. The Morgan fingerprint density at radius 3 is 2.52 bits per heavy atom. The fourth-order valence-corrected chi connectivity index (χ4v) is 3.26. The maximum atomic E-state index is 12.8. The van der Waals surface area contributed by atoms with Gasteiger partial charge in [0.2, 0.25) is 0 Å². The first-order valence-corrected chi connectivity index (χ1v) is 9.06. The lowest BCUT2D eigenvalue weighted by Gasteiger charge is -2.16. The summed E-state index contributed by atoms with van der Waals surface area (Å²) in [6.45, 7) is 1.99. The number of fused-ring (bicyclic) bond motifs is 1. The fraction of sp³-hybridized carbons (Fsp3) is 0.0909. The number of aliphatic imine (C=N–C) groups is 1. The van der Waals surface area contributed by atoms with E-state index >= 15 is 0 Å². The number of amides is 1. The molecule has 2 N–H and O–H groups in total. The van der Waals surface area contributed by atoms with E-state index in [0.717, 1.165) is 28.1 Å². The van der Waals surface area contributed by atoms with Gasteiger partial charge in [0.1, 0.15) is 0 Å². The van der Waals surface area contributed by atoms with Crippen molar-refractivity contribution < 1.29 is 4.79 Å². The predicted octanol–water partition coefficient (Wildman–Crippen LogP) is 4.88. The lowest BCUT2D eigenvalue weighted by Crippen LogP contribution is -2.32. The SMILES string of the molecule is Cc1ccccc1NC1N=C(c2ccccc2)c2cc(Cl)ccc2NC1=O. The van der Waals surface area contributed by atoms with Gasteiger partial charge in [0.25, 0.3) is 5.91 Å². The number of rotatable bonds is 3. The second-order valence-electron chi connectivity index (χ2n) is 6.38. The highest BCUT2D eigenvalue weighted by molar-refractivity contribution is 6.32. The maximum Gasteiger partial charge on any atom is 0.269 e. The molecule has 0 saturated carbocycles. The van der Waals surface area contributed by atoms with Crippen LogP contribution in [0.1, 0.15) is 16.7 Å². The highest BCUT2D eigenvalue weighted by Gasteiger charge is 2.26. The lowest BCUT2D eigenvalue weighted by molar-refractivity contribution is -0.116. The van der Waals surface area contributed by atoms with Crippen molar-refractivity contribution in [1.29, 1.82) is 0 Å². The van der Waals surface area contributed by atoms with Gasteiger partial charge in [0.15, 0.2) is 6.17 Å². The number of benzene rings is 3. The van der Waals surface area contributed by atoms with Crippen molar-refractivity contribution in [2.24, 2.45) is 4.99 Å². The molecule has 134 valence electrons. The molecule has 4 nitrogen and oxygen atoms in total. The monoisotopic (exact) mass is 375 g/mol. The average molecular weight is 376 g/mol. The van der Waals surface area contributed by atoms with E-state index in [1.165, 1.54) is 0 Å². The Morgan fingerprint density at radius 2 is 1.74 bits per heavy atom. The lowest BCUT2D eigenvalue weighted by atomic mass is 10.0. The fourth-order valence-electron chi connectivity index (χ4n) is 3.09. The molecule has 1 atom stereocenters. The van der Waals surface area contributed by atoms with Crippen molar-refractivity contribution in [3.63, 3.8) is 0 Å². The van der Waals surface area contributed by atoms with Gasteiger partial charge in [-0.15, -0.1) is 0 Å². The quantitative estimate of drug-likeness (QED) is 0.685. The van der Waals surface area contributed by atoms with Crippen LogP contribution in [0.25, 0.3) is 0 Å². The molecule has 0 saturated heterocycles. The second-order valence-corrected chi connectivity index (χ2v) is 6.82. The molecule has 0 fully saturated rings. The minimum Gasteiger partial charge on any atom is -0.356 e. The zero-order valence-electron chi connectivity index (χ0n) is 14.7. The number of hydrogen-bond donors (Lipinski definition) is 2. The van der Waals surface area contributed by atoms with E-state index in [0.29, 0.717) is 10.7 Å². The molecule has 1 aliphatic rings. The summed E-state index contributed by atoms with van der Waals surface area (Å²) in [5, 5.41) is 6.81. The van der Waals surface area contributed by atoms with Crippen LogP contribution < -0.4 is 10.6 Å². The van der Waals surface area contributed by atoms with Gasteiger partial charge in [0, 0.05) is 21.8 Å². The summed E-state index contributed by atoms with van der Waals surface area (Å²) in [6.07, 6.45) is -0.757. The summed E-state index contributed by atoms with van der Waals surface area (Å²) in [4.78, 5) is 17.6. The molecular weight excluding hydrogens is 358 g/mol. The highest BCUT2D eigenvalue weighted by Crippen LogP contribution is 2.28. The Hall–Kier alpha value is -3.11. The summed E-state index contributed by atoms with van der Waals surface area (Å²) in [6, 6.07) is 23.0. The minimum atomic E-state index is -0.757. The van der Waals surface area contributed by atoms with E-state index < -0.39 is 6.17 Å². The minimum absolute atomic E-state index is 0.215. The smallest absolute Gasteiger partial charge is 0.269 e. The summed E-state index contributed by atoms with van der Waals surface area (Å²) in [5.74, 6) is -0.215. The Kier molecular flexibility index (Phi) is 4.65. The summed E-state index contributed by atoms with van der Waals surface area (Å²) < 4.78 is 0. The van der Waals surface area contributed by atoms with Crippen molar-refractivity contribution in [2.45, 2.75) is 13.1 Å². The normalized spacial score (nSPS) is 16.0. The van der Waals surface area contributed by atoms with Crippen LogP contribution in [0.5, 0.6) is 0 Å². The van der Waals surface area contributed by atoms with Crippen LogP contribution in [0, 0.1) is 6.92 Å². The van der Waals surface area contributed by atoms with E-state index in [-0.39, 0.29) is 5.91 Å². The first kappa shape index (κ1) is 17.3. The van der Waals surface area contributed by atoms with E-state index in [4.69, 9.17) is 16.6 Å². The third kappa shape index (κ3) is 3.57. The van der Waals surface area contributed by atoms with Gasteiger partial charge in [-0.3, -0.25) is 4.79 Å². The molecule has 4 rings (SSSR count). The third-order valence-corrected chi connectivity index (χ3v) is 4.72. The molecule has 1 heterocycles. The number of benzodiazepines with no additional fused rings is 1. The molecular formula is C22H18ClN3O. The second kappa shape index (κ2) is 7.25. The number of para-hydroxylation sites is 1. The van der Waals surface area contributed by atoms with Gasteiger partial charge in [-0.25, -0.2) is 4.99 Å². The molecule has 0 aliphatic carbocycles. The van der Waals surface area contributed by atoms with Gasteiger partial charge >= 0.3 is 0 Å². The summed E-state index contributed by atoms with van der Waals surface area (Å²) >= 11 is 6.22. The third-order valence-electron chi connectivity index (χ3n) is 4.49. The standard InChI is InChI=1S/C22H18ClN3O/c1-14-7-5-6-10-18(14)24-21-22(27)25-19-12-11-16(23)13-17(19)20(26-21)15-8-3-2-4-9-15/h2-13,21,24H,1H3,(H,25,27). The zero-order chi connectivity index (χ0) is 18.8. The number of hydrogen-bond acceptors (Lipinski definition) is 3. The number of halogens is 1. The van der Waals surface area contributed by atoms with Gasteiger partial charge in [-0.1, -0.05) is 60.1 Å². The Labute approximate surface area is 162 Å². The Balaban J connectivity index is 1.83. The maximum absolute atomic E-state index is 12.8.